The Morgan fingerprint density at radius 3 is 2.11 bits per heavy atom. The molecule has 0 rings (SSSR count). The summed E-state index contributed by atoms with van der Waals surface area (Å²) in [7, 11) is 0. The van der Waals surface area contributed by atoms with Gasteiger partial charge < -0.3 is 31.3 Å². The first-order valence-electron chi connectivity index (χ1n) is 8.31. The van der Waals surface area contributed by atoms with Crippen molar-refractivity contribution in [1.29, 1.82) is 0 Å². The average molecular weight is 389 g/mol. The van der Waals surface area contributed by atoms with E-state index in [4.69, 9.17) is 20.7 Å². The number of hydrogen-bond donors (Lipinski definition) is 5. The van der Waals surface area contributed by atoms with Crippen molar-refractivity contribution in [1.82, 2.24) is 10.6 Å². The third-order valence-electron chi connectivity index (χ3n) is 3.13. The van der Waals surface area contributed by atoms with Crippen molar-refractivity contribution in [3.8, 4) is 0 Å². The summed E-state index contributed by atoms with van der Waals surface area (Å²) in [5.41, 5.74) is 4.94. The lowest BCUT2D eigenvalue weighted by Gasteiger charge is -2.20. The van der Waals surface area contributed by atoms with Crippen LogP contribution in [0.5, 0.6) is 0 Å². The zero-order chi connectivity index (χ0) is 21.2. The minimum absolute atomic E-state index is 0.0861. The Morgan fingerprint density at radius 2 is 1.63 bits per heavy atom. The second kappa shape index (κ2) is 11.1. The van der Waals surface area contributed by atoms with Gasteiger partial charge in [-0.15, -0.1) is 0 Å². The first-order valence-corrected chi connectivity index (χ1v) is 8.31. The van der Waals surface area contributed by atoms with Crippen molar-refractivity contribution < 1.29 is 38.9 Å². The Balaban J connectivity index is 4.30. The number of esters is 1. The second-order valence-corrected chi connectivity index (χ2v) is 6.84. The Morgan fingerprint density at radius 1 is 1.04 bits per heavy atom. The first-order chi connectivity index (χ1) is 12.3. The fraction of sp³-hybridized carbons (Fsp3) is 0.688. The van der Waals surface area contributed by atoms with Crippen LogP contribution < -0.4 is 16.4 Å². The third kappa shape index (κ3) is 12.3. The summed E-state index contributed by atoms with van der Waals surface area (Å²) in [5.74, 6) is -4.51. The highest BCUT2D eigenvalue weighted by Gasteiger charge is 2.23. The quantitative estimate of drug-likeness (QED) is 0.276. The molecule has 11 heteroatoms. The van der Waals surface area contributed by atoms with Gasteiger partial charge in [0.25, 0.3) is 0 Å². The van der Waals surface area contributed by atoms with Crippen LogP contribution in [0.25, 0.3) is 0 Å². The van der Waals surface area contributed by atoms with E-state index in [0.29, 0.717) is 0 Å². The fourth-order valence-electron chi connectivity index (χ4n) is 1.88. The van der Waals surface area contributed by atoms with Crippen LogP contribution in [0.1, 0.15) is 46.5 Å². The zero-order valence-electron chi connectivity index (χ0n) is 15.6. The monoisotopic (exact) mass is 389 g/mol. The molecule has 0 bridgehead atoms. The number of amides is 2. The number of carboxylic acids is 2. The van der Waals surface area contributed by atoms with Crippen LogP contribution in [0.2, 0.25) is 0 Å². The van der Waals surface area contributed by atoms with Crippen molar-refractivity contribution >= 4 is 29.7 Å². The summed E-state index contributed by atoms with van der Waals surface area (Å²) in [6.07, 6.45) is -1.00. The molecule has 2 amide bonds. The number of hydrogen-bond acceptors (Lipinski definition) is 7. The Bertz CT molecular complexity index is 571. The Hall–Kier alpha value is -2.69. The molecule has 0 fully saturated rings. The van der Waals surface area contributed by atoms with Crippen LogP contribution in [-0.4, -0.2) is 64.2 Å². The van der Waals surface area contributed by atoms with E-state index >= 15 is 0 Å². The maximum atomic E-state index is 11.8. The summed E-state index contributed by atoms with van der Waals surface area (Å²) in [4.78, 5) is 56.6. The van der Waals surface area contributed by atoms with Crippen molar-refractivity contribution in [2.45, 2.75) is 64.1 Å². The third-order valence-corrected chi connectivity index (χ3v) is 3.13. The van der Waals surface area contributed by atoms with E-state index in [1.54, 1.807) is 20.8 Å². The fourth-order valence-corrected chi connectivity index (χ4v) is 1.88. The summed E-state index contributed by atoms with van der Waals surface area (Å²) in [6, 6.07) is -2.42. The van der Waals surface area contributed by atoms with Gasteiger partial charge in [0.15, 0.2) is 0 Å². The number of carbonyl (C=O) groups excluding carboxylic acids is 3. The number of nitrogens with one attached hydrogen (secondary N) is 2. The van der Waals surface area contributed by atoms with E-state index in [9.17, 15) is 24.0 Å². The molecule has 0 aromatic heterocycles. The highest BCUT2D eigenvalue weighted by atomic mass is 16.6. The number of nitrogens with two attached hydrogens (primary N) is 1. The molecule has 0 saturated heterocycles. The van der Waals surface area contributed by atoms with Gasteiger partial charge in [-0.2, -0.15) is 0 Å². The lowest BCUT2D eigenvalue weighted by molar-refractivity contribution is -0.154. The molecule has 0 saturated carbocycles. The Kier molecular flexibility index (Phi) is 10.0. The van der Waals surface area contributed by atoms with Gasteiger partial charge in [0.2, 0.25) is 11.8 Å². The number of carbonyl (C=O) groups is 5. The smallest absolute Gasteiger partial charge is 0.326 e. The summed E-state index contributed by atoms with van der Waals surface area (Å²) in [6.45, 7) is 4.67. The number of aliphatic carboxylic acids is 2. The van der Waals surface area contributed by atoms with Crippen molar-refractivity contribution in [2.24, 2.45) is 5.73 Å². The van der Waals surface area contributed by atoms with Crippen molar-refractivity contribution in [3.05, 3.63) is 0 Å². The molecule has 154 valence electrons. The highest BCUT2D eigenvalue weighted by Crippen LogP contribution is 2.06. The molecule has 0 aliphatic carbocycles. The second-order valence-electron chi connectivity index (χ2n) is 6.84. The molecule has 2 atom stereocenters. The van der Waals surface area contributed by atoms with Crippen LogP contribution in [0.3, 0.4) is 0 Å². The number of ether oxygens (including phenoxy) is 1. The zero-order valence-corrected chi connectivity index (χ0v) is 15.6. The maximum Gasteiger partial charge on any atom is 0.326 e. The van der Waals surface area contributed by atoms with E-state index in [2.05, 4.69) is 10.6 Å². The standard InChI is InChI=1S/C16H27N3O8/c1-16(2,3)27-13(23)8-18-14(24)9(17)4-6-11(20)19-10(15(25)26)5-7-12(21)22/h9-10H,4-8,17H2,1-3H3,(H,18,24)(H,19,20)(H,21,22)(H,25,26). The molecule has 0 radical (unpaired) electrons. The summed E-state index contributed by atoms with van der Waals surface area (Å²) >= 11 is 0. The summed E-state index contributed by atoms with van der Waals surface area (Å²) < 4.78 is 5.02. The van der Waals surface area contributed by atoms with Crippen molar-refractivity contribution in [3.63, 3.8) is 0 Å². The van der Waals surface area contributed by atoms with Crippen LogP contribution in [0.15, 0.2) is 0 Å². The van der Waals surface area contributed by atoms with Gasteiger partial charge in [-0.1, -0.05) is 0 Å². The number of rotatable bonds is 11. The number of carboxylic acid groups (broad SMARTS) is 2. The molecule has 0 aromatic rings. The molecular formula is C16H27N3O8. The van der Waals surface area contributed by atoms with E-state index in [-0.39, 0.29) is 25.8 Å². The molecule has 27 heavy (non-hydrogen) atoms. The Labute approximate surface area is 156 Å². The van der Waals surface area contributed by atoms with Gasteiger partial charge in [-0.25, -0.2) is 4.79 Å². The summed E-state index contributed by atoms with van der Waals surface area (Å²) in [5, 5.41) is 22.0. The molecule has 11 nitrogen and oxygen atoms in total. The van der Waals surface area contributed by atoms with E-state index < -0.39 is 53.8 Å². The maximum absolute atomic E-state index is 11.8. The lowest BCUT2D eigenvalue weighted by Crippen LogP contribution is -2.45. The van der Waals surface area contributed by atoms with E-state index in [0.717, 1.165) is 0 Å². The SMILES string of the molecule is CC(C)(C)OC(=O)CNC(=O)C(N)CCC(=O)NC(CCC(=O)O)C(=O)O. The molecule has 0 aliphatic heterocycles. The molecule has 0 spiro atoms. The average Bonchev–Trinajstić information content (AvgIpc) is 2.51. The molecule has 0 aromatic carbocycles. The predicted molar refractivity (Wildman–Crippen MR) is 92.5 cm³/mol. The minimum atomic E-state index is -1.36. The minimum Gasteiger partial charge on any atom is -0.481 e. The molecule has 0 heterocycles. The largest absolute Gasteiger partial charge is 0.481 e. The van der Waals surface area contributed by atoms with Gasteiger partial charge in [-0.3, -0.25) is 19.2 Å². The molecule has 6 N–H and O–H groups in total. The van der Waals surface area contributed by atoms with Crippen molar-refractivity contribution in [2.75, 3.05) is 6.54 Å². The molecule has 0 aliphatic rings. The normalized spacial score (nSPS) is 13.2. The highest BCUT2D eigenvalue weighted by molar-refractivity contribution is 5.87. The van der Waals surface area contributed by atoms with E-state index in [1.165, 1.54) is 0 Å². The predicted octanol–water partition coefficient (Wildman–Crippen LogP) is -1.01. The van der Waals surface area contributed by atoms with Gasteiger partial charge in [-0.05, 0) is 33.6 Å². The van der Waals surface area contributed by atoms with Crippen LogP contribution >= 0.6 is 0 Å². The molecule has 2 unspecified atom stereocenters. The van der Waals surface area contributed by atoms with Crippen LogP contribution in [0, 0.1) is 0 Å². The van der Waals surface area contributed by atoms with Gasteiger partial charge in [0, 0.05) is 12.8 Å². The van der Waals surface area contributed by atoms with Crippen LogP contribution in [-0.2, 0) is 28.7 Å². The van der Waals surface area contributed by atoms with Gasteiger partial charge in [0.05, 0.1) is 6.04 Å². The molecular weight excluding hydrogens is 362 g/mol. The topological polar surface area (TPSA) is 185 Å². The van der Waals surface area contributed by atoms with E-state index in [1.807, 2.05) is 0 Å². The van der Waals surface area contributed by atoms with Gasteiger partial charge in [0.1, 0.15) is 18.2 Å². The van der Waals surface area contributed by atoms with Crippen LogP contribution in [0.4, 0.5) is 0 Å². The lowest BCUT2D eigenvalue weighted by atomic mass is 10.1. The van der Waals surface area contributed by atoms with Gasteiger partial charge >= 0.3 is 17.9 Å². The first kappa shape index (κ1) is 24.3.